The Labute approximate surface area is 132 Å². The number of alkyl halides is 2. The highest BCUT2D eigenvalue weighted by atomic mass is 19.3. The summed E-state index contributed by atoms with van der Waals surface area (Å²) in [4.78, 5) is 12.0. The summed E-state index contributed by atoms with van der Waals surface area (Å²) >= 11 is 0. The minimum Gasteiger partial charge on any atom is -0.490 e. The third-order valence-electron chi connectivity index (χ3n) is 2.90. The number of benzene rings is 1. The maximum Gasteiger partial charge on any atom is 0.387 e. The number of hydrogen-bond donors (Lipinski definition) is 0. The van der Waals surface area contributed by atoms with E-state index in [4.69, 9.17) is 4.74 Å². The average molecular weight is 322 g/mol. The number of halogens is 2. The molecule has 0 saturated carbocycles. The lowest BCUT2D eigenvalue weighted by atomic mass is 10.1. The summed E-state index contributed by atoms with van der Waals surface area (Å²) in [7, 11) is 1.72. The van der Waals surface area contributed by atoms with Crippen LogP contribution in [0.1, 0.15) is 22.8 Å². The second kappa shape index (κ2) is 7.53. The van der Waals surface area contributed by atoms with E-state index in [1.165, 1.54) is 29.1 Å². The smallest absolute Gasteiger partial charge is 0.387 e. The first-order valence-corrected chi connectivity index (χ1v) is 6.92. The number of carbonyl (C=O) groups excluding carboxylic acids is 1. The highest BCUT2D eigenvalue weighted by molar-refractivity contribution is 6.06. The number of hydrogen-bond acceptors (Lipinski definition) is 4. The number of aryl methyl sites for hydroxylation is 1. The molecular weight excluding hydrogens is 306 g/mol. The standard InChI is InChI=1S/C16H16F2N2O3/c1-3-22-15-8-11(5-7-14(15)23-16(17)18)4-6-13(21)12-9-19-20(2)10-12/h4-10,16H,3H2,1-2H3/b6-4+. The Kier molecular flexibility index (Phi) is 5.46. The van der Waals surface area contributed by atoms with Crippen molar-refractivity contribution < 1.29 is 23.0 Å². The van der Waals surface area contributed by atoms with Gasteiger partial charge in [0.2, 0.25) is 0 Å². The molecule has 0 N–H and O–H groups in total. The summed E-state index contributed by atoms with van der Waals surface area (Å²) in [5, 5.41) is 3.92. The van der Waals surface area contributed by atoms with Gasteiger partial charge < -0.3 is 9.47 Å². The van der Waals surface area contributed by atoms with Gasteiger partial charge in [-0.1, -0.05) is 12.1 Å². The van der Waals surface area contributed by atoms with E-state index in [0.29, 0.717) is 17.7 Å². The molecule has 2 rings (SSSR count). The maximum atomic E-state index is 12.3. The van der Waals surface area contributed by atoms with Crippen molar-refractivity contribution in [1.82, 2.24) is 9.78 Å². The van der Waals surface area contributed by atoms with E-state index in [1.54, 1.807) is 32.3 Å². The molecular formula is C16H16F2N2O3. The molecule has 0 amide bonds. The van der Waals surface area contributed by atoms with Gasteiger partial charge in [0.15, 0.2) is 17.3 Å². The van der Waals surface area contributed by atoms with Gasteiger partial charge in [-0.15, -0.1) is 0 Å². The average Bonchev–Trinajstić information content (AvgIpc) is 2.93. The molecule has 0 saturated heterocycles. The van der Waals surface area contributed by atoms with Crippen molar-refractivity contribution in [3.05, 3.63) is 47.8 Å². The van der Waals surface area contributed by atoms with Gasteiger partial charge in [-0.25, -0.2) is 0 Å². The second-order valence-corrected chi connectivity index (χ2v) is 4.62. The van der Waals surface area contributed by atoms with Crippen LogP contribution >= 0.6 is 0 Å². The Morgan fingerprint density at radius 2 is 2.17 bits per heavy atom. The van der Waals surface area contributed by atoms with Gasteiger partial charge in [0, 0.05) is 13.2 Å². The van der Waals surface area contributed by atoms with Gasteiger partial charge in [0.25, 0.3) is 0 Å². The number of nitrogens with zero attached hydrogens (tertiary/aromatic N) is 2. The highest BCUT2D eigenvalue weighted by Crippen LogP contribution is 2.30. The zero-order chi connectivity index (χ0) is 16.8. The molecule has 0 radical (unpaired) electrons. The quantitative estimate of drug-likeness (QED) is 0.580. The monoisotopic (exact) mass is 322 g/mol. The van der Waals surface area contributed by atoms with Crippen LogP contribution in [-0.4, -0.2) is 28.8 Å². The lowest BCUT2D eigenvalue weighted by Gasteiger charge is -2.11. The first-order chi connectivity index (χ1) is 11.0. The van der Waals surface area contributed by atoms with Gasteiger partial charge in [-0.2, -0.15) is 13.9 Å². The van der Waals surface area contributed by atoms with E-state index < -0.39 is 6.61 Å². The number of aromatic nitrogens is 2. The van der Waals surface area contributed by atoms with Crippen molar-refractivity contribution in [3.8, 4) is 11.5 Å². The zero-order valence-electron chi connectivity index (χ0n) is 12.7. The molecule has 0 atom stereocenters. The molecule has 5 nitrogen and oxygen atoms in total. The Bertz CT molecular complexity index is 711. The fourth-order valence-corrected chi connectivity index (χ4v) is 1.91. The molecule has 1 aromatic carbocycles. The SMILES string of the molecule is CCOc1cc(/C=C/C(=O)c2cnn(C)c2)ccc1OC(F)F. The second-order valence-electron chi connectivity index (χ2n) is 4.62. The molecule has 0 aliphatic carbocycles. The summed E-state index contributed by atoms with van der Waals surface area (Å²) in [6.07, 6.45) is 6.04. The van der Waals surface area contributed by atoms with Crippen molar-refractivity contribution in [2.75, 3.05) is 6.61 Å². The van der Waals surface area contributed by atoms with E-state index in [9.17, 15) is 13.6 Å². The Morgan fingerprint density at radius 3 is 2.78 bits per heavy atom. The molecule has 0 bridgehead atoms. The Hall–Kier alpha value is -2.70. The molecule has 0 aliphatic heterocycles. The lowest BCUT2D eigenvalue weighted by molar-refractivity contribution is -0.0514. The van der Waals surface area contributed by atoms with Gasteiger partial charge in [0.1, 0.15) is 0 Å². The van der Waals surface area contributed by atoms with Gasteiger partial charge in [-0.3, -0.25) is 9.48 Å². The van der Waals surface area contributed by atoms with Crippen LogP contribution in [0.3, 0.4) is 0 Å². The molecule has 122 valence electrons. The van der Waals surface area contributed by atoms with E-state index in [2.05, 4.69) is 9.84 Å². The normalized spacial score (nSPS) is 11.2. The lowest BCUT2D eigenvalue weighted by Crippen LogP contribution is -2.04. The zero-order valence-corrected chi connectivity index (χ0v) is 12.7. The maximum absolute atomic E-state index is 12.3. The van der Waals surface area contributed by atoms with Gasteiger partial charge in [-0.05, 0) is 30.7 Å². The minimum atomic E-state index is -2.93. The highest BCUT2D eigenvalue weighted by Gasteiger charge is 2.11. The largest absolute Gasteiger partial charge is 0.490 e. The van der Waals surface area contributed by atoms with Crippen LogP contribution in [0.4, 0.5) is 8.78 Å². The summed E-state index contributed by atoms with van der Waals surface area (Å²) in [5.74, 6) is -0.0506. The van der Waals surface area contributed by atoms with E-state index in [-0.39, 0.29) is 17.3 Å². The van der Waals surface area contributed by atoms with Crippen molar-refractivity contribution in [3.63, 3.8) is 0 Å². The molecule has 0 aliphatic rings. The Morgan fingerprint density at radius 1 is 1.39 bits per heavy atom. The van der Waals surface area contributed by atoms with Crippen LogP contribution in [0.2, 0.25) is 0 Å². The fourth-order valence-electron chi connectivity index (χ4n) is 1.91. The molecule has 0 unspecified atom stereocenters. The number of ketones is 1. The molecule has 1 aromatic heterocycles. The number of allylic oxidation sites excluding steroid dienone is 1. The van der Waals surface area contributed by atoms with Crippen molar-refractivity contribution >= 4 is 11.9 Å². The molecule has 0 fully saturated rings. The third-order valence-corrected chi connectivity index (χ3v) is 2.90. The summed E-state index contributed by atoms with van der Waals surface area (Å²) in [5.41, 5.74) is 1.10. The molecule has 2 aromatic rings. The predicted octanol–water partition coefficient (Wildman–Crippen LogP) is 3.32. The minimum absolute atomic E-state index is 0.0439. The van der Waals surface area contributed by atoms with Crippen LogP contribution in [-0.2, 0) is 7.05 Å². The fraction of sp³-hybridized carbons (Fsp3) is 0.250. The Balaban J connectivity index is 2.17. The number of ether oxygens (including phenoxy) is 2. The number of rotatable bonds is 7. The van der Waals surface area contributed by atoms with Gasteiger partial charge >= 0.3 is 6.61 Å². The van der Waals surface area contributed by atoms with Crippen LogP contribution in [0.25, 0.3) is 6.08 Å². The summed E-state index contributed by atoms with van der Waals surface area (Å²) in [6, 6.07) is 4.48. The van der Waals surface area contributed by atoms with Gasteiger partial charge in [0.05, 0.1) is 18.4 Å². The van der Waals surface area contributed by atoms with Crippen LogP contribution in [0.5, 0.6) is 11.5 Å². The molecule has 23 heavy (non-hydrogen) atoms. The number of carbonyl (C=O) groups is 1. The van der Waals surface area contributed by atoms with E-state index >= 15 is 0 Å². The van der Waals surface area contributed by atoms with Crippen molar-refractivity contribution in [1.29, 1.82) is 0 Å². The molecule has 0 spiro atoms. The topological polar surface area (TPSA) is 53.3 Å². The summed E-state index contributed by atoms with van der Waals surface area (Å²) < 4.78 is 35.9. The summed E-state index contributed by atoms with van der Waals surface area (Å²) in [6.45, 7) is -0.884. The van der Waals surface area contributed by atoms with Crippen molar-refractivity contribution in [2.45, 2.75) is 13.5 Å². The van der Waals surface area contributed by atoms with Crippen LogP contribution < -0.4 is 9.47 Å². The van der Waals surface area contributed by atoms with E-state index in [1.807, 2.05) is 0 Å². The van der Waals surface area contributed by atoms with Crippen LogP contribution in [0.15, 0.2) is 36.7 Å². The van der Waals surface area contributed by atoms with Crippen LogP contribution in [0, 0.1) is 0 Å². The molecule has 7 heteroatoms. The predicted molar refractivity (Wildman–Crippen MR) is 80.8 cm³/mol. The first-order valence-electron chi connectivity index (χ1n) is 6.92. The van der Waals surface area contributed by atoms with E-state index in [0.717, 1.165) is 0 Å². The molecule has 1 heterocycles. The first kappa shape index (κ1) is 16.7. The van der Waals surface area contributed by atoms with Crippen molar-refractivity contribution in [2.24, 2.45) is 7.05 Å². The third kappa shape index (κ3) is 4.64.